The van der Waals surface area contributed by atoms with E-state index in [0.717, 1.165) is 34.2 Å². The fourth-order valence-corrected chi connectivity index (χ4v) is 11.4. The molecule has 15 nitrogen and oxygen atoms in total. The highest BCUT2D eigenvalue weighted by Crippen LogP contribution is 2.50. The molecule has 74 heavy (non-hydrogen) atoms. The second kappa shape index (κ2) is 24.7. The van der Waals surface area contributed by atoms with E-state index in [2.05, 4.69) is 34.9 Å². The summed E-state index contributed by atoms with van der Waals surface area (Å²) in [5, 5.41) is 5.98. The zero-order chi connectivity index (χ0) is 54.3. The van der Waals surface area contributed by atoms with E-state index in [4.69, 9.17) is 18.9 Å². The number of carbonyl (C=O) groups is 6. The molecule has 3 aliphatic rings. The predicted octanol–water partition coefficient (Wildman–Crippen LogP) is 8.02. The van der Waals surface area contributed by atoms with E-state index in [0.29, 0.717) is 12.8 Å². The molecule has 1 aliphatic heterocycles. The van der Waals surface area contributed by atoms with Crippen LogP contribution in [0.5, 0.6) is 0 Å². The normalized spacial score (nSPS) is 20.2. The minimum absolute atomic E-state index is 0.0204. The summed E-state index contributed by atoms with van der Waals surface area (Å²) in [6, 6.07) is 21.7. The molecule has 404 valence electrons. The lowest BCUT2D eigenvalue weighted by Gasteiger charge is -2.41. The van der Waals surface area contributed by atoms with E-state index in [-0.39, 0.29) is 66.9 Å². The van der Waals surface area contributed by atoms with Crippen molar-refractivity contribution in [2.45, 2.75) is 161 Å². The van der Waals surface area contributed by atoms with Crippen LogP contribution in [0.4, 0.5) is 4.79 Å². The number of benzene rings is 3. The average molecular weight is 1020 g/mol. The summed E-state index contributed by atoms with van der Waals surface area (Å²) in [5.74, 6) is -3.38. The van der Waals surface area contributed by atoms with Crippen molar-refractivity contribution in [1.29, 1.82) is 0 Å². The zero-order valence-electron chi connectivity index (χ0n) is 46.3. The highest BCUT2D eigenvalue weighted by atomic mass is 16.6. The van der Waals surface area contributed by atoms with E-state index in [1.54, 1.807) is 60.9 Å². The molecule has 11 atom stereocenters. The van der Waals surface area contributed by atoms with Gasteiger partial charge in [-0.05, 0) is 85.1 Å². The van der Waals surface area contributed by atoms with Crippen molar-refractivity contribution in [3.63, 3.8) is 0 Å². The third-order valence-corrected chi connectivity index (χ3v) is 15.5. The summed E-state index contributed by atoms with van der Waals surface area (Å²) in [6.45, 7) is 18.7. The van der Waals surface area contributed by atoms with Gasteiger partial charge in [-0.25, -0.2) is 9.59 Å². The lowest BCUT2D eigenvalue weighted by molar-refractivity contribution is -0.159. The van der Waals surface area contributed by atoms with E-state index in [1.165, 1.54) is 4.90 Å². The molecule has 2 fully saturated rings. The van der Waals surface area contributed by atoms with Gasteiger partial charge in [-0.15, -0.1) is 0 Å². The molecule has 1 saturated heterocycles. The lowest BCUT2D eigenvalue weighted by atomic mass is 9.89. The third-order valence-electron chi connectivity index (χ3n) is 15.5. The number of carbonyl (C=O) groups excluding carboxylic acids is 6. The van der Waals surface area contributed by atoms with Gasteiger partial charge in [0.05, 0.1) is 36.6 Å². The number of nitrogens with one attached hydrogen (secondary N) is 2. The Morgan fingerprint density at radius 1 is 0.743 bits per heavy atom. The number of methoxy groups -OCH3 is 2. The molecule has 2 N–H and O–H groups in total. The average Bonchev–Trinajstić information content (AvgIpc) is 3.90. The molecule has 3 aromatic carbocycles. The van der Waals surface area contributed by atoms with Crippen molar-refractivity contribution in [3.8, 4) is 11.1 Å². The van der Waals surface area contributed by atoms with Crippen LogP contribution < -0.4 is 10.6 Å². The maximum absolute atomic E-state index is 14.8. The van der Waals surface area contributed by atoms with Crippen LogP contribution in [-0.4, -0.2) is 139 Å². The molecule has 15 heteroatoms. The van der Waals surface area contributed by atoms with Crippen LogP contribution in [0.3, 0.4) is 0 Å². The largest absolute Gasteiger partial charge is 0.458 e. The molecular weight excluding hydrogens is 939 g/mol. The van der Waals surface area contributed by atoms with Gasteiger partial charge in [-0.3, -0.25) is 24.1 Å². The Balaban J connectivity index is 1.13. The molecule has 1 saturated carbocycles. The number of likely N-dealkylation sites (N-methyl/N-ethyl adjacent to an activating group) is 2. The summed E-state index contributed by atoms with van der Waals surface area (Å²) < 4.78 is 23.9. The standard InChI is InChI=1S/C59H83N5O10/c1-15-36(6)52(62(11)56(68)50(34(2)3)61-55(67)51(35(4)5)63(12)58(70)73-33-44-42-27-21-19-25-40(42)41-26-20-22-28-43(41)44)48(71-13)32-49(65)64-46-30-39(46)31-47(64)53(72-14)37(7)54(66)60-45(57(69)74-59(8,9)10)29-38-23-17-16-18-24-38/h16-28,34-37,39,44-48,50-53H,15,29-33H2,1-14H3,(H,60,66)(H,61,67)/t36?,37?,39-,45?,46-,47-,48?,50?,51?,52?,53?/m0/s1. The number of fused-ring (bicyclic) bond motifs is 4. The van der Waals surface area contributed by atoms with Crippen LogP contribution in [0.2, 0.25) is 0 Å². The van der Waals surface area contributed by atoms with Crippen LogP contribution in [0.1, 0.15) is 118 Å². The minimum Gasteiger partial charge on any atom is -0.458 e. The summed E-state index contributed by atoms with van der Waals surface area (Å²) in [7, 11) is 6.33. The van der Waals surface area contributed by atoms with Crippen molar-refractivity contribution in [1.82, 2.24) is 25.3 Å². The van der Waals surface area contributed by atoms with Gasteiger partial charge in [-0.2, -0.15) is 0 Å². The number of ether oxygens (including phenoxy) is 4. The molecule has 0 radical (unpaired) electrons. The molecule has 5 amide bonds. The monoisotopic (exact) mass is 1020 g/mol. The molecule has 6 rings (SSSR count). The summed E-state index contributed by atoms with van der Waals surface area (Å²) in [4.78, 5) is 90.2. The van der Waals surface area contributed by atoms with E-state index in [1.807, 2.05) is 101 Å². The van der Waals surface area contributed by atoms with Gasteiger partial charge >= 0.3 is 12.1 Å². The van der Waals surface area contributed by atoms with Crippen LogP contribution in [0.15, 0.2) is 78.9 Å². The molecule has 0 aromatic heterocycles. The lowest BCUT2D eigenvalue weighted by Crippen LogP contribution is -2.60. The fraction of sp³-hybridized carbons (Fsp3) is 0.593. The highest BCUT2D eigenvalue weighted by Gasteiger charge is 2.57. The molecular formula is C59H83N5O10. The number of rotatable bonds is 23. The fourth-order valence-electron chi connectivity index (χ4n) is 11.4. The van der Waals surface area contributed by atoms with Crippen LogP contribution >= 0.6 is 0 Å². The molecule has 3 aromatic rings. The first-order valence-electron chi connectivity index (χ1n) is 26.6. The maximum atomic E-state index is 14.8. The second-order valence-corrected chi connectivity index (χ2v) is 22.6. The van der Waals surface area contributed by atoms with Gasteiger partial charge in [0, 0.05) is 46.7 Å². The number of hydrogen-bond donors (Lipinski definition) is 2. The van der Waals surface area contributed by atoms with Gasteiger partial charge in [0.1, 0.15) is 30.3 Å². The van der Waals surface area contributed by atoms with E-state index >= 15 is 0 Å². The van der Waals surface area contributed by atoms with Gasteiger partial charge in [0.15, 0.2) is 0 Å². The number of hydrogen-bond acceptors (Lipinski definition) is 10. The number of nitrogens with zero attached hydrogens (tertiary/aromatic N) is 3. The Kier molecular flexibility index (Phi) is 19.2. The second-order valence-electron chi connectivity index (χ2n) is 22.6. The van der Waals surface area contributed by atoms with Crippen LogP contribution in [-0.2, 0) is 49.3 Å². The highest BCUT2D eigenvalue weighted by molar-refractivity contribution is 5.92. The third kappa shape index (κ3) is 13.2. The maximum Gasteiger partial charge on any atom is 0.410 e. The smallest absolute Gasteiger partial charge is 0.410 e. The van der Waals surface area contributed by atoms with Gasteiger partial charge in [-0.1, -0.05) is 134 Å². The van der Waals surface area contributed by atoms with E-state index in [9.17, 15) is 28.8 Å². The van der Waals surface area contributed by atoms with Crippen LogP contribution in [0, 0.1) is 29.6 Å². The van der Waals surface area contributed by atoms with Crippen molar-refractivity contribution in [3.05, 3.63) is 95.6 Å². The number of amides is 5. The quantitative estimate of drug-likeness (QED) is 0.0887. The van der Waals surface area contributed by atoms with Crippen molar-refractivity contribution in [2.24, 2.45) is 29.6 Å². The zero-order valence-corrected chi connectivity index (χ0v) is 46.3. The molecule has 2 aliphatic carbocycles. The summed E-state index contributed by atoms with van der Waals surface area (Å²) >= 11 is 0. The van der Waals surface area contributed by atoms with Gasteiger partial charge < -0.3 is 39.4 Å². The van der Waals surface area contributed by atoms with Gasteiger partial charge in [0.2, 0.25) is 23.6 Å². The molecule has 8 unspecified atom stereocenters. The predicted molar refractivity (Wildman–Crippen MR) is 285 cm³/mol. The van der Waals surface area contributed by atoms with Crippen molar-refractivity contribution >= 4 is 35.7 Å². The Morgan fingerprint density at radius 2 is 1.34 bits per heavy atom. The summed E-state index contributed by atoms with van der Waals surface area (Å²) in [5.41, 5.74) is 4.47. The Labute approximate surface area is 439 Å². The Morgan fingerprint density at radius 3 is 1.88 bits per heavy atom. The number of esters is 1. The first-order valence-corrected chi connectivity index (χ1v) is 26.6. The summed E-state index contributed by atoms with van der Waals surface area (Å²) in [6.07, 6.45) is 0.285. The first kappa shape index (κ1) is 57.5. The van der Waals surface area contributed by atoms with Crippen LogP contribution in [0.25, 0.3) is 11.1 Å². The van der Waals surface area contributed by atoms with Gasteiger partial charge in [0.25, 0.3) is 0 Å². The minimum atomic E-state index is -0.975. The SMILES string of the molecule is CCC(C)C(C(CC(=O)N1[C@H](C(OC)C(C)C(=O)NC(Cc2ccccc2)C(=O)OC(C)(C)C)C[C@@H]2C[C@@H]21)OC)N(C)C(=O)C(NC(=O)C(C(C)C)N(C)C(=O)OCC1c2ccccc2-c2ccccc21)C(C)C. The topological polar surface area (TPSA) is 173 Å². The van der Waals surface area contributed by atoms with Crippen molar-refractivity contribution in [2.75, 3.05) is 34.9 Å². The Hall–Kier alpha value is -5.80. The molecule has 0 spiro atoms. The molecule has 1 heterocycles. The first-order chi connectivity index (χ1) is 35.0. The Bertz CT molecular complexity index is 2390. The molecule has 0 bridgehead atoms. The number of likely N-dealkylation sites (tertiary alicyclic amines) is 1. The number of piperidine rings is 1. The van der Waals surface area contributed by atoms with E-state index < -0.39 is 77.8 Å². The van der Waals surface area contributed by atoms with Crippen molar-refractivity contribution < 1.29 is 47.7 Å².